The normalized spacial score (nSPS) is 11.0. The molecule has 0 aliphatic rings. The lowest BCUT2D eigenvalue weighted by atomic mass is 10.1. The molecule has 0 radical (unpaired) electrons. The highest BCUT2D eigenvalue weighted by Crippen LogP contribution is 2.18. The predicted molar refractivity (Wildman–Crippen MR) is 118 cm³/mol. The van der Waals surface area contributed by atoms with Gasteiger partial charge in [0.15, 0.2) is 5.76 Å². The zero-order valence-corrected chi connectivity index (χ0v) is 17.0. The number of rotatable bonds is 8. The topological polar surface area (TPSA) is 129 Å². The van der Waals surface area contributed by atoms with Crippen molar-refractivity contribution in [3.05, 3.63) is 78.3 Å². The number of benzene rings is 1. The Bertz CT molecular complexity index is 1300. The minimum atomic E-state index is 0.193. The maximum Gasteiger partial charge on any atom is 0.259 e. The molecule has 1 aromatic carbocycles. The number of fused-ring (bicyclic) bond motifs is 1. The molecule has 0 fully saturated rings. The van der Waals surface area contributed by atoms with E-state index in [4.69, 9.17) is 14.9 Å². The van der Waals surface area contributed by atoms with Crippen molar-refractivity contribution in [2.45, 2.75) is 13.0 Å². The van der Waals surface area contributed by atoms with Gasteiger partial charge in [-0.3, -0.25) is 4.98 Å². The summed E-state index contributed by atoms with van der Waals surface area (Å²) in [4.78, 5) is 17.1. The van der Waals surface area contributed by atoms with E-state index in [0.29, 0.717) is 36.5 Å². The molecule has 5 rings (SSSR count). The number of nitrogens with one attached hydrogen (secondary N) is 1. The highest BCUT2D eigenvalue weighted by molar-refractivity contribution is 5.52. The number of nitrogens with two attached hydrogens (primary N) is 1. The van der Waals surface area contributed by atoms with Crippen molar-refractivity contribution in [2.24, 2.45) is 0 Å². The summed E-state index contributed by atoms with van der Waals surface area (Å²) in [6, 6.07) is 15.4. The SMILES string of the molecule is Nc1nc(NCCc2ccc(OCc3cccnc3)cc2)nc2nc(-c3ccco3)nn12. The summed E-state index contributed by atoms with van der Waals surface area (Å²) in [5.74, 6) is 2.69. The number of pyridine rings is 1. The summed E-state index contributed by atoms with van der Waals surface area (Å²) >= 11 is 0. The fourth-order valence-electron chi connectivity index (χ4n) is 3.12. The lowest BCUT2D eigenvalue weighted by Crippen LogP contribution is -2.12. The van der Waals surface area contributed by atoms with Crippen LogP contribution < -0.4 is 15.8 Å². The van der Waals surface area contributed by atoms with Crippen molar-refractivity contribution in [3.8, 4) is 17.3 Å². The van der Waals surface area contributed by atoms with Gasteiger partial charge in [-0.1, -0.05) is 18.2 Å². The molecule has 3 N–H and O–H groups in total. The first-order chi connectivity index (χ1) is 15.7. The standard InChI is InChI=1S/C22H20N8O2/c23-20-27-21(28-22-26-19(29-30(20)22)18-4-2-12-31-18)25-11-9-15-5-7-17(8-6-15)32-14-16-3-1-10-24-13-16/h1-8,10,12-13H,9,11,14H2,(H3,23,25,26,27,28,29). The molecule has 0 atom stereocenters. The van der Waals surface area contributed by atoms with Gasteiger partial charge in [0.2, 0.25) is 17.7 Å². The van der Waals surface area contributed by atoms with E-state index in [1.807, 2.05) is 36.4 Å². The highest BCUT2D eigenvalue weighted by atomic mass is 16.5. The first kappa shape index (κ1) is 19.5. The van der Waals surface area contributed by atoms with Crippen LogP contribution in [-0.4, -0.2) is 36.1 Å². The van der Waals surface area contributed by atoms with E-state index in [-0.39, 0.29) is 5.95 Å². The van der Waals surface area contributed by atoms with E-state index in [1.54, 1.807) is 30.8 Å². The summed E-state index contributed by atoms with van der Waals surface area (Å²) in [6.07, 6.45) is 5.88. The molecule has 4 heterocycles. The zero-order chi connectivity index (χ0) is 21.8. The smallest absolute Gasteiger partial charge is 0.259 e. The Labute approximate surface area is 183 Å². The minimum absolute atomic E-state index is 0.193. The van der Waals surface area contributed by atoms with Crippen molar-refractivity contribution in [2.75, 3.05) is 17.6 Å². The molecule has 10 heteroatoms. The second-order valence-corrected chi connectivity index (χ2v) is 7.00. The molecule has 160 valence electrons. The molecule has 0 aliphatic heterocycles. The first-order valence-electron chi connectivity index (χ1n) is 10.0. The van der Waals surface area contributed by atoms with Gasteiger partial charge in [-0.25, -0.2) is 0 Å². The number of ether oxygens (including phenoxy) is 1. The van der Waals surface area contributed by atoms with Gasteiger partial charge in [0.1, 0.15) is 12.4 Å². The molecular formula is C22H20N8O2. The van der Waals surface area contributed by atoms with E-state index in [2.05, 4.69) is 30.4 Å². The second-order valence-electron chi connectivity index (χ2n) is 7.00. The van der Waals surface area contributed by atoms with Crippen LogP contribution in [0.3, 0.4) is 0 Å². The van der Waals surface area contributed by atoms with Crippen LogP contribution in [0.15, 0.2) is 71.6 Å². The van der Waals surface area contributed by atoms with E-state index in [1.165, 1.54) is 4.52 Å². The first-order valence-corrected chi connectivity index (χ1v) is 10.0. The molecule has 5 aromatic rings. The number of furan rings is 1. The number of anilines is 2. The largest absolute Gasteiger partial charge is 0.489 e. The Kier molecular flexibility index (Phi) is 5.31. The quantitative estimate of drug-likeness (QED) is 0.383. The van der Waals surface area contributed by atoms with Gasteiger partial charge in [0, 0.05) is 24.5 Å². The molecule has 10 nitrogen and oxygen atoms in total. The molecule has 0 bridgehead atoms. The molecule has 0 unspecified atom stereocenters. The summed E-state index contributed by atoms with van der Waals surface area (Å²) < 4.78 is 12.5. The number of hydrogen-bond acceptors (Lipinski definition) is 9. The summed E-state index contributed by atoms with van der Waals surface area (Å²) in [6.45, 7) is 1.12. The van der Waals surface area contributed by atoms with Crippen molar-refractivity contribution < 1.29 is 9.15 Å². The summed E-state index contributed by atoms with van der Waals surface area (Å²) in [5, 5.41) is 7.47. The van der Waals surface area contributed by atoms with Gasteiger partial charge in [-0.2, -0.15) is 19.5 Å². The van der Waals surface area contributed by atoms with E-state index in [9.17, 15) is 0 Å². The summed E-state index contributed by atoms with van der Waals surface area (Å²) in [7, 11) is 0. The lowest BCUT2D eigenvalue weighted by Gasteiger charge is -2.08. The lowest BCUT2D eigenvalue weighted by molar-refractivity contribution is 0.305. The predicted octanol–water partition coefficient (Wildman–Crippen LogP) is 2.99. The van der Waals surface area contributed by atoms with Crippen LogP contribution in [0.5, 0.6) is 5.75 Å². The van der Waals surface area contributed by atoms with Gasteiger partial charge in [-0.15, -0.1) is 5.10 Å². The van der Waals surface area contributed by atoms with E-state index < -0.39 is 0 Å². The average molecular weight is 428 g/mol. The molecule has 4 aromatic heterocycles. The van der Waals surface area contributed by atoms with Gasteiger partial charge < -0.3 is 20.2 Å². The van der Waals surface area contributed by atoms with Crippen molar-refractivity contribution in [1.82, 2.24) is 29.5 Å². The van der Waals surface area contributed by atoms with Crippen LogP contribution in [0.25, 0.3) is 17.4 Å². The monoisotopic (exact) mass is 428 g/mol. The number of hydrogen-bond donors (Lipinski definition) is 2. The van der Waals surface area contributed by atoms with Crippen LogP contribution >= 0.6 is 0 Å². The third kappa shape index (κ3) is 4.33. The Morgan fingerprint density at radius 3 is 2.69 bits per heavy atom. The molecule has 0 saturated heterocycles. The van der Waals surface area contributed by atoms with Crippen LogP contribution in [0.2, 0.25) is 0 Å². The molecular weight excluding hydrogens is 408 g/mol. The molecule has 0 amide bonds. The fourth-order valence-corrected chi connectivity index (χ4v) is 3.12. The average Bonchev–Trinajstić information content (AvgIpc) is 3.50. The minimum Gasteiger partial charge on any atom is -0.489 e. The van der Waals surface area contributed by atoms with Crippen molar-refractivity contribution in [1.29, 1.82) is 0 Å². The Morgan fingerprint density at radius 1 is 1.00 bits per heavy atom. The number of nitrogens with zero attached hydrogens (tertiary/aromatic N) is 6. The van der Waals surface area contributed by atoms with Crippen LogP contribution in [0.1, 0.15) is 11.1 Å². The maximum atomic E-state index is 6.01. The van der Waals surface area contributed by atoms with Crippen molar-refractivity contribution in [3.63, 3.8) is 0 Å². The molecule has 0 aliphatic carbocycles. The molecule has 0 saturated carbocycles. The van der Waals surface area contributed by atoms with Gasteiger partial charge >= 0.3 is 0 Å². The second kappa shape index (κ2) is 8.72. The Hall–Kier alpha value is -4.47. The third-order valence-electron chi connectivity index (χ3n) is 4.72. The van der Waals surface area contributed by atoms with Crippen LogP contribution in [0.4, 0.5) is 11.9 Å². The highest BCUT2D eigenvalue weighted by Gasteiger charge is 2.13. The van der Waals surface area contributed by atoms with E-state index >= 15 is 0 Å². The fraction of sp³-hybridized carbons (Fsp3) is 0.136. The van der Waals surface area contributed by atoms with Gasteiger partial charge in [0.05, 0.1) is 6.26 Å². The zero-order valence-electron chi connectivity index (χ0n) is 17.0. The molecule has 0 spiro atoms. The third-order valence-corrected chi connectivity index (χ3v) is 4.72. The van der Waals surface area contributed by atoms with Crippen molar-refractivity contribution >= 4 is 17.7 Å². The molecule has 32 heavy (non-hydrogen) atoms. The number of nitrogen functional groups attached to an aromatic ring is 1. The summed E-state index contributed by atoms with van der Waals surface area (Å²) in [5.41, 5.74) is 8.20. The van der Waals surface area contributed by atoms with E-state index in [0.717, 1.165) is 23.3 Å². The Morgan fingerprint density at radius 2 is 1.91 bits per heavy atom. The van der Waals surface area contributed by atoms with Crippen LogP contribution in [-0.2, 0) is 13.0 Å². The number of aromatic nitrogens is 6. The van der Waals surface area contributed by atoms with Gasteiger partial charge in [-0.05, 0) is 42.3 Å². The Balaban J connectivity index is 1.18. The van der Waals surface area contributed by atoms with Crippen LogP contribution in [0, 0.1) is 0 Å². The van der Waals surface area contributed by atoms with Gasteiger partial charge in [0.25, 0.3) is 5.78 Å². The maximum absolute atomic E-state index is 6.01.